The van der Waals surface area contributed by atoms with Crippen molar-refractivity contribution < 1.29 is 9.53 Å². The molecule has 1 aliphatic carbocycles. The molecule has 0 unspecified atom stereocenters. The van der Waals surface area contributed by atoms with Crippen molar-refractivity contribution in [3.05, 3.63) is 66.5 Å². The molecule has 1 amide bonds. The summed E-state index contributed by atoms with van der Waals surface area (Å²) in [5.41, 5.74) is 1.46. The Balaban J connectivity index is 1.21. The van der Waals surface area contributed by atoms with Crippen LogP contribution >= 0.6 is 0 Å². The monoisotopic (exact) mass is 430 g/mol. The summed E-state index contributed by atoms with van der Waals surface area (Å²) in [6, 6.07) is 15.5. The van der Waals surface area contributed by atoms with E-state index in [0.717, 1.165) is 48.7 Å². The van der Waals surface area contributed by atoms with Crippen molar-refractivity contribution in [1.82, 2.24) is 20.1 Å². The van der Waals surface area contributed by atoms with Crippen LogP contribution < -0.4 is 15.0 Å². The van der Waals surface area contributed by atoms with E-state index < -0.39 is 5.41 Å². The van der Waals surface area contributed by atoms with E-state index in [9.17, 15) is 4.79 Å². The van der Waals surface area contributed by atoms with Crippen molar-refractivity contribution in [3.63, 3.8) is 0 Å². The molecule has 32 heavy (non-hydrogen) atoms. The number of piperazine rings is 1. The SMILES string of the molecule is COc1ccccc1C1(C(=O)N2CCN(c3ccc(Nc4cccnc4)nn3)CC2)CC1. The van der Waals surface area contributed by atoms with Crippen molar-refractivity contribution in [2.24, 2.45) is 0 Å². The lowest BCUT2D eigenvalue weighted by molar-refractivity contribution is -0.134. The first-order valence-electron chi connectivity index (χ1n) is 10.9. The molecular formula is C24H26N6O2. The molecule has 1 saturated heterocycles. The average molecular weight is 431 g/mol. The number of ether oxygens (including phenoxy) is 1. The molecule has 1 aliphatic heterocycles. The standard InChI is InChI=1S/C24H26N6O2/c1-32-20-7-3-2-6-19(20)24(10-11-24)23(31)30-15-13-29(14-16-30)22-9-8-21(27-28-22)26-18-5-4-12-25-17-18/h2-9,12,17H,10-11,13-16H2,1H3,(H,26,27). The first-order valence-corrected chi connectivity index (χ1v) is 10.9. The normalized spacial score (nSPS) is 17.0. The summed E-state index contributed by atoms with van der Waals surface area (Å²) in [6.45, 7) is 2.82. The van der Waals surface area contributed by atoms with Crippen LogP contribution in [0.2, 0.25) is 0 Å². The number of benzene rings is 1. The molecule has 1 aromatic carbocycles. The zero-order valence-electron chi connectivity index (χ0n) is 18.1. The predicted octanol–water partition coefficient (Wildman–Crippen LogP) is 3.00. The number of carbonyl (C=O) groups is 1. The molecule has 2 fully saturated rings. The topological polar surface area (TPSA) is 83.5 Å². The van der Waals surface area contributed by atoms with Gasteiger partial charge in [-0.1, -0.05) is 18.2 Å². The molecule has 0 atom stereocenters. The number of nitrogens with zero attached hydrogens (tertiary/aromatic N) is 5. The van der Waals surface area contributed by atoms with Crippen molar-refractivity contribution in [1.29, 1.82) is 0 Å². The van der Waals surface area contributed by atoms with E-state index in [1.165, 1.54) is 0 Å². The number of hydrogen-bond donors (Lipinski definition) is 1. The Bertz CT molecular complexity index is 1080. The number of anilines is 3. The van der Waals surface area contributed by atoms with E-state index in [2.05, 4.69) is 25.4 Å². The second-order valence-corrected chi connectivity index (χ2v) is 8.21. The van der Waals surface area contributed by atoms with E-state index in [1.807, 2.05) is 53.4 Å². The maximum absolute atomic E-state index is 13.4. The Morgan fingerprint density at radius 1 is 1.00 bits per heavy atom. The highest BCUT2D eigenvalue weighted by atomic mass is 16.5. The first-order chi connectivity index (χ1) is 15.7. The number of rotatable bonds is 6. The number of nitrogens with one attached hydrogen (secondary N) is 1. The summed E-state index contributed by atoms with van der Waals surface area (Å²) in [6.07, 6.45) is 5.22. The zero-order chi connectivity index (χ0) is 22.0. The Morgan fingerprint density at radius 3 is 2.47 bits per heavy atom. The summed E-state index contributed by atoms with van der Waals surface area (Å²) in [4.78, 5) is 21.7. The number of pyridine rings is 1. The molecule has 2 aliphatic rings. The number of hydrogen-bond acceptors (Lipinski definition) is 7. The maximum atomic E-state index is 13.4. The van der Waals surface area contributed by atoms with Gasteiger partial charge in [-0.3, -0.25) is 9.78 Å². The van der Waals surface area contributed by atoms with Gasteiger partial charge in [-0.05, 0) is 43.2 Å². The first kappa shape index (κ1) is 20.2. The van der Waals surface area contributed by atoms with E-state index in [-0.39, 0.29) is 5.91 Å². The third-order valence-corrected chi connectivity index (χ3v) is 6.26. The van der Waals surface area contributed by atoms with E-state index in [1.54, 1.807) is 19.5 Å². The van der Waals surface area contributed by atoms with Crippen LogP contribution in [0.1, 0.15) is 18.4 Å². The molecule has 0 spiro atoms. The zero-order valence-corrected chi connectivity index (χ0v) is 18.1. The minimum atomic E-state index is -0.422. The highest BCUT2D eigenvalue weighted by Crippen LogP contribution is 2.52. The summed E-state index contributed by atoms with van der Waals surface area (Å²) in [7, 11) is 1.66. The molecule has 8 nitrogen and oxygen atoms in total. The Labute approximate surface area is 187 Å². The molecule has 1 saturated carbocycles. The van der Waals surface area contributed by atoms with Crippen molar-refractivity contribution in [3.8, 4) is 5.75 Å². The van der Waals surface area contributed by atoms with Crippen LogP contribution in [0.15, 0.2) is 60.9 Å². The minimum Gasteiger partial charge on any atom is -0.496 e. The lowest BCUT2D eigenvalue weighted by Crippen LogP contribution is -2.51. The smallest absolute Gasteiger partial charge is 0.233 e. The maximum Gasteiger partial charge on any atom is 0.233 e. The van der Waals surface area contributed by atoms with Gasteiger partial charge in [0.05, 0.1) is 24.4 Å². The summed E-state index contributed by atoms with van der Waals surface area (Å²) in [5.74, 6) is 2.50. The summed E-state index contributed by atoms with van der Waals surface area (Å²) < 4.78 is 5.53. The average Bonchev–Trinajstić information content (AvgIpc) is 3.67. The van der Waals surface area contributed by atoms with Gasteiger partial charge in [-0.2, -0.15) is 0 Å². The summed E-state index contributed by atoms with van der Waals surface area (Å²) in [5, 5.41) is 11.8. The van der Waals surface area contributed by atoms with Crippen LogP contribution in [0.5, 0.6) is 5.75 Å². The number of amides is 1. The predicted molar refractivity (Wildman–Crippen MR) is 122 cm³/mol. The van der Waals surface area contributed by atoms with Crippen molar-refractivity contribution in [2.75, 3.05) is 43.5 Å². The van der Waals surface area contributed by atoms with Crippen molar-refractivity contribution >= 4 is 23.2 Å². The van der Waals surface area contributed by atoms with Crippen LogP contribution in [-0.4, -0.2) is 59.3 Å². The van der Waals surface area contributed by atoms with Crippen LogP contribution in [0, 0.1) is 0 Å². The van der Waals surface area contributed by atoms with Crippen LogP contribution in [0.25, 0.3) is 0 Å². The molecule has 164 valence electrons. The van der Waals surface area contributed by atoms with Crippen LogP contribution in [0.4, 0.5) is 17.3 Å². The highest BCUT2D eigenvalue weighted by molar-refractivity contribution is 5.92. The van der Waals surface area contributed by atoms with Gasteiger partial charge in [0.1, 0.15) is 5.75 Å². The van der Waals surface area contributed by atoms with E-state index in [0.29, 0.717) is 18.9 Å². The van der Waals surface area contributed by atoms with E-state index in [4.69, 9.17) is 4.74 Å². The fourth-order valence-electron chi connectivity index (χ4n) is 4.35. The van der Waals surface area contributed by atoms with Gasteiger partial charge < -0.3 is 19.9 Å². The lowest BCUT2D eigenvalue weighted by Gasteiger charge is -2.37. The van der Waals surface area contributed by atoms with Gasteiger partial charge in [0.2, 0.25) is 5.91 Å². The van der Waals surface area contributed by atoms with Crippen LogP contribution in [-0.2, 0) is 10.2 Å². The minimum absolute atomic E-state index is 0.212. The summed E-state index contributed by atoms with van der Waals surface area (Å²) >= 11 is 0. The fourth-order valence-corrected chi connectivity index (χ4v) is 4.35. The molecule has 0 bridgehead atoms. The number of carbonyl (C=O) groups excluding carboxylic acids is 1. The van der Waals surface area contributed by atoms with Gasteiger partial charge in [-0.15, -0.1) is 10.2 Å². The molecule has 5 rings (SSSR count). The van der Waals surface area contributed by atoms with Crippen LogP contribution in [0.3, 0.4) is 0 Å². The van der Waals surface area contributed by atoms with Gasteiger partial charge >= 0.3 is 0 Å². The Morgan fingerprint density at radius 2 is 1.81 bits per heavy atom. The number of aromatic nitrogens is 3. The molecule has 0 radical (unpaired) electrons. The fraction of sp³-hybridized carbons (Fsp3) is 0.333. The molecule has 2 aromatic heterocycles. The molecule has 3 aromatic rings. The second-order valence-electron chi connectivity index (χ2n) is 8.21. The van der Waals surface area contributed by atoms with E-state index >= 15 is 0 Å². The number of methoxy groups -OCH3 is 1. The van der Waals surface area contributed by atoms with Crippen molar-refractivity contribution in [2.45, 2.75) is 18.3 Å². The Kier molecular flexibility index (Phi) is 5.34. The third-order valence-electron chi connectivity index (χ3n) is 6.26. The second kappa shape index (κ2) is 8.45. The van der Waals surface area contributed by atoms with Gasteiger partial charge in [0, 0.05) is 37.9 Å². The lowest BCUT2D eigenvalue weighted by atomic mass is 9.93. The molecular weight excluding hydrogens is 404 g/mol. The quantitative estimate of drug-likeness (QED) is 0.644. The van der Waals surface area contributed by atoms with Gasteiger partial charge in [0.15, 0.2) is 11.6 Å². The van der Waals surface area contributed by atoms with Gasteiger partial charge in [-0.25, -0.2) is 0 Å². The molecule has 8 heteroatoms. The Hall–Kier alpha value is -3.68. The van der Waals surface area contributed by atoms with Gasteiger partial charge in [0.25, 0.3) is 0 Å². The third kappa shape index (κ3) is 3.84. The number of para-hydroxylation sites is 1. The molecule has 1 N–H and O–H groups in total. The highest BCUT2D eigenvalue weighted by Gasteiger charge is 2.54. The molecule has 3 heterocycles. The largest absolute Gasteiger partial charge is 0.496 e.